The fourth-order valence-electron chi connectivity index (χ4n) is 1.24. The summed E-state index contributed by atoms with van der Waals surface area (Å²) in [6, 6.07) is 7.57. The zero-order valence-electron chi connectivity index (χ0n) is 10.9. The molecule has 0 N–H and O–H groups in total. The average molecular weight is 250 g/mol. The highest BCUT2D eigenvalue weighted by Crippen LogP contribution is 2.12. The lowest BCUT2D eigenvalue weighted by atomic mass is 10.2. The third-order valence-electron chi connectivity index (χ3n) is 2.06. The molecule has 0 fully saturated rings. The van der Waals surface area contributed by atoms with Gasteiger partial charge in [-0.05, 0) is 37.6 Å². The standard InChI is InChI=1S/C14H18O4/c1-11(2)18-14(15)17-10-4-5-12-6-8-13(16-3)9-7-12/h4-9,11H,10H2,1-3H3/b5-4+. The minimum Gasteiger partial charge on any atom is -0.497 e. The Morgan fingerprint density at radius 1 is 1.28 bits per heavy atom. The molecule has 1 aromatic carbocycles. The van der Waals surface area contributed by atoms with Gasteiger partial charge in [0, 0.05) is 0 Å². The van der Waals surface area contributed by atoms with Crippen LogP contribution >= 0.6 is 0 Å². The lowest BCUT2D eigenvalue weighted by molar-refractivity contribution is 0.0415. The van der Waals surface area contributed by atoms with Crippen LogP contribution in [0.25, 0.3) is 6.08 Å². The van der Waals surface area contributed by atoms with Crippen molar-refractivity contribution in [1.29, 1.82) is 0 Å². The molecule has 4 nitrogen and oxygen atoms in total. The molecule has 18 heavy (non-hydrogen) atoms. The van der Waals surface area contributed by atoms with E-state index in [-0.39, 0.29) is 12.7 Å². The molecule has 0 amide bonds. The second-order valence-corrected chi connectivity index (χ2v) is 3.90. The molecular weight excluding hydrogens is 232 g/mol. The van der Waals surface area contributed by atoms with Crippen molar-refractivity contribution in [2.75, 3.05) is 13.7 Å². The molecule has 0 heterocycles. The Morgan fingerprint density at radius 2 is 1.94 bits per heavy atom. The molecule has 4 heteroatoms. The van der Waals surface area contributed by atoms with Gasteiger partial charge in [-0.25, -0.2) is 4.79 Å². The first kappa shape index (κ1) is 14.1. The second kappa shape index (κ2) is 7.37. The summed E-state index contributed by atoms with van der Waals surface area (Å²) in [6.07, 6.45) is 2.80. The van der Waals surface area contributed by atoms with Gasteiger partial charge in [-0.15, -0.1) is 0 Å². The molecule has 0 aromatic heterocycles. The molecule has 1 rings (SSSR count). The summed E-state index contributed by atoms with van der Waals surface area (Å²) in [6.45, 7) is 3.74. The van der Waals surface area contributed by atoms with E-state index in [1.807, 2.05) is 30.3 Å². The molecule has 0 saturated heterocycles. The van der Waals surface area contributed by atoms with Crippen molar-refractivity contribution < 1.29 is 19.0 Å². The van der Waals surface area contributed by atoms with Crippen molar-refractivity contribution >= 4 is 12.2 Å². The van der Waals surface area contributed by atoms with Crippen molar-refractivity contribution in [1.82, 2.24) is 0 Å². The van der Waals surface area contributed by atoms with Crippen LogP contribution in [0, 0.1) is 0 Å². The molecule has 98 valence electrons. The first-order chi connectivity index (χ1) is 8.61. The van der Waals surface area contributed by atoms with Gasteiger partial charge in [0.05, 0.1) is 13.2 Å². The average Bonchev–Trinajstić information content (AvgIpc) is 2.34. The monoisotopic (exact) mass is 250 g/mol. The van der Waals surface area contributed by atoms with Gasteiger partial charge in [0.15, 0.2) is 0 Å². The molecule has 0 radical (unpaired) electrons. The van der Waals surface area contributed by atoms with Crippen LogP contribution in [0.5, 0.6) is 5.75 Å². The Morgan fingerprint density at radius 3 is 2.50 bits per heavy atom. The normalized spacial score (nSPS) is 10.7. The highest BCUT2D eigenvalue weighted by Gasteiger charge is 2.04. The van der Waals surface area contributed by atoms with Gasteiger partial charge < -0.3 is 14.2 Å². The number of ether oxygens (including phenoxy) is 3. The highest BCUT2D eigenvalue weighted by molar-refractivity contribution is 5.60. The van der Waals surface area contributed by atoms with Crippen molar-refractivity contribution in [3.05, 3.63) is 35.9 Å². The van der Waals surface area contributed by atoms with Crippen LogP contribution < -0.4 is 4.74 Å². The molecule has 0 spiro atoms. The lowest BCUT2D eigenvalue weighted by Gasteiger charge is -2.06. The summed E-state index contributed by atoms with van der Waals surface area (Å²) in [5.74, 6) is 0.809. The van der Waals surface area contributed by atoms with Crippen LogP contribution in [0.1, 0.15) is 19.4 Å². The number of benzene rings is 1. The van der Waals surface area contributed by atoms with Crippen LogP contribution in [0.3, 0.4) is 0 Å². The lowest BCUT2D eigenvalue weighted by Crippen LogP contribution is -2.12. The van der Waals surface area contributed by atoms with E-state index in [0.29, 0.717) is 0 Å². The SMILES string of the molecule is COc1ccc(/C=C/COC(=O)OC(C)C)cc1. The van der Waals surface area contributed by atoms with E-state index in [1.54, 1.807) is 27.0 Å². The molecule has 0 bridgehead atoms. The van der Waals surface area contributed by atoms with Gasteiger partial charge in [-0.3, -0.25) is 0 Å². The summed E-state index contributed by atoms with van der Waals surface area (Å²) >= 11 is 0. The minimum absolute atomic E-state index is 0.164. The van der Waals surface area contributed by atoms with E-state index < -0.39 is 6.16 Å². The molecular formula is C14H18O4. The van der Waals surface area contributed by atoms with Gasteiger partial charge in [0.2, 0.25) is 0 Å². The Bertz CT molecular complexity index is 393. The third kappa shape index (κ3) is 5.39. The summed E-state index contributed by atoms with van der Waals surface area (Å²) < 4.78 is 14.7. The highest BCUT2D eigenvalue weighted by atomic mass is 16.7. The molecule has 0 aliphatic heterocycles. The quantitative estimate of drug-likeness (QED) is 0.752. The van der Waals surface area contributed by atoms with Gasteiger partial charge >= 0.3 is 6.16 Å². The van der Waals surface area contributed by atoms with Gasteiger partial charge in [0.25, 0.3) is 0 Å². The summed E-state index contributed by atoms with van der Waals surface area (Å²) in [5.41, 5.74) is 1.01. The molecule has 0 saturated carbocycles. The van der Waals surface area contributed by atoms with E-state index in [1.165, 1.54) is 0 Å². The van der Waals surface area contributed by atoms with E-state index in [0.717, 1.165) is 11.3 Å². The van der Waals surface area contributed by atoms with Crippen molar-refractivity contribution in [3.8, 4) is 5.75 Å². The number of rotatable bonds is 5. The van der Waals surface area contributed by atoms with Crippen LogP contribution in [0.15, 0.2) is 30.3 Å². The van der Waals surface area contributed by atoms with Crippen LogP contribution in [-0.2, 0) is 9.47 Å². The van der Waals surface area contributed by atoms with E-state index in [4.69, 9.17) is 14.2 Å². The van der Waals surface area contributed by atoms with Crippen molar-refractivity contribution in [3.63, 3.8) is 0 Å². The fraction of sp³-hybridized carbons (Fsp3) is 0.357. The largest absolute Gasteiger partial charge is 0.508 e. The first-order valence-corrected chi connectivity index (χ1v) is 5.76. The first-order valence-electron chi connectivity index (χ1n) is 5.76. The number of carbonyl (C=O) groups is 1. The summed E-state index contributed by atoms with van der Waals surface area (Å²) in [7, 11) is 1.62. The van der Waals surface area contributed by atoms with Gasteiger partial charge in [0.1, 0.15) is 12.4 Å². The van der Waals surface area contributed by atoms with Gasteiger partial charge in [-0.2, -0.15) is 0 Å². The fourth-order valence-corrected chi connectivity index (χ4v) is 1.24. The second-order valence-electron chi connectivity index (χ2n) is 3.90. The predicted octanol–water partition coefficient (Wildman–Crippen LogP) is 3.27. The number of methoxy groups -OCH3 is 1. The summed E-state index contributed by atoms with van der Waals surface area (Å²) in [5, 5.41) is 0. The summed E-state index contributed by atoms with van der Waals surface area (Å²) in [4.78, 5) is 11.1. The zero-order valence-corrected chi connectivity index (χ0v) is 10.9. The van der Waals surface area contributed by atoms with E-state index in [9.17, 15) is 4.79 Å². The predicted molar refractivity (Wildman–Crippen MR) is 69.6 cm³/mol. The molecule has 0 aliphatic carbocycles. The Hall–Kier alpha value is -1.97. The van der Waals surface area contributed by atoms with Gasteiger partial charge in [-0.1, -0.05) is 18.2 Å². The number of carbonyl (C=O) groups excluding carboxylic acids is 1. The maximum atomic E-state index is 11.1. The molecule has 1 aromatic rings. The topological polar surface area (TPSA) is 44.8 Å². The number of hydrogen-bond acceptors (Lipinski definition) is 4. The Labute approximate surface area is 107 Å². The molecule has 0 aliphatic rings. The smallest absolute Gasteiger partial charge is 0.497 e. The molecule has 0 unspecified atom stereocenters. The zero-order chi connectivity index (χ0) is 13.4. The molecule has 0 atom stereocenters. The Balaban J connectivity index is 2.33. The van der Waals surface area contributed by atoms with E-state index >= 15 is 0 Å². The minimum atomic E-state index is -0.649. The maximum absolute atomic E-state index is 11.1. The number of hydrogen-bond donors (Lipinski definition) is 0. The van der Waals surface area contributed by atoms with Crippen molar-refractivity contribution in [2.45, 2.75) is 20.0 Å². The van der Waals surface area contributed by atoms with Crippen LogP contribution in [-0.4, -0.2) is 26.0 Å². The van der Waals surface area contributed by atoms with Crippen LogP contribution in [0.2, 0.25) is 0 Å². The van der Waals surface area contributed by atoms with Crippen molar-refractivity contribution in [2.24, 2.45) is 0 Å². The maximum Gasteiger partial charge on any atom is 0.508 e. The third-order valence-corrected chi connectivity index (χ3v) is 2.06. The van der Waals surface area contributed by atoms with Crippen LogP contribution in [0.4, 0.5) is 4.79 Å². The van der Waals surface area contributed by atoms with E-state index in [2.05, 4.69) is 0 Å². The Kier molecular flexibility index (Phi) is 5.77.